The SMILES string of the molecule is O=C1c2ccccc2S[C@@H](c2ccccc2)[C@]12O[C@H]2c1ccccc1Cl. The molecule has 0 aliphatic carbocycles. The van der Waals surface area contributed by atoms with Crippen LogP contribution in [-0.2, 0) is 4.74 Å². The largest absolute Gasteiger partial charge is 0.351 e. The molecule has 2 aliphatic heterocycles. The van der Waals surface area contributed by atoms with Crippen LogP contribution in [0.25, 0.3) is 0 Å². The molecule has 26 heavy (non-hydrogen) atoms. The number of fused-ring (bicyclic) bond motifs is 1. The van der Waals surface area contributed by atoms with Crippen molar-refractivity contribution in [3.05, 3.63) is 101 Å². The molecule has 1 fully saturated rings. The Hall–Kier alpha value is -2.07. The molecule has 0 N–H and O–H groups in total. The van der Waals surface area contributed by atoms with Gasteiger partial charge in [-0.25, -0.2) is 0 Å². The highest BCUT2D eigenvalue weighted by Gasteiger charge is 2.70. The van der Waals surface area contributed by atoms with Crippen molar-refractivity contribution in [3.8, 4) is 0 Å². The highest BCUT2D eigenvalue weighted by Crippen LogP contribution is 2.66. The third-order valence-electron chi connectivity index (χ3n) is 5.06. The smallest absolute Gasteiger partial charge is 0.200 e. The number of hydrogen-bond donors (Lipinski definition) is 0. The van der Waals surface area contributed by atoms with Crippen LogP contribution in [0.3, 0.4) is 0 Å². The van der Waals surface area contributed by atoms with Gasteiger partial charge in [-0.15, -0.1) is 11.8 Å². The lowest BCUT2D eigenvalue weighted by molar-refractivity contribution is 0.0861. The van der Waals surface area contributed by atoms with Crippen LogP contribution in [0.1, 0.15) is 32.8 Å². The number of epoxide rings is 1. The Morgan fingerprint density at radius 1 is 0.885 bits per heavy atom. The third kappa shape index (κ3) is 2.28. The number of Topliss-reactive ketones (excluding diaryl/α,β-unsaturated/α-hetero) is 1. The Balaban J connectivity index is 1.67. The molecule has 0 aromatic heterocycles. The second-order valence-electron chi connectivity index (χ2n) is 6.55. The number of carbonyl (C=O) groups is 1. The average Bonchev–Trinajstić information content (AvgIpc) is 3.42. The first-order valence-corrected chi connectivity index (χ1v) is 9.75. The van der Waals surface area contributed by atoms with E-state index in [2.05, 4.69) is 12.1 Å². The lowest BCUT2D eigenvalue weighted by Gasteiger charge is -2.30. The van der Waals surface area contributed by atoms with E-state index in [1.54, 1.807) is 11.8 Å². The van der Waals surface area contributed by atoms with Crippen LogP contribution < -0.4 is 0 Å². The number of hydrogen-bond acceptors (Lipinski definition) is 3. The Morgan fingerprint density at radius 2 is 1.58 bits per heavy atom. The Morgan fingerprint density at radius 3 is 2.38 bits per heavy atom. The highest BCUT2D eigenvalue weighted by molar-refractivity contribution is 7.99. The van der Waals surface area contributed by atoms with E-state index < -0.39 is 5.60 Å². The molecular weight excluding hydrogens is 364 g/mol. The summed E-state index contributed by atoms with van der Waals surface area (Å²) in [5.41, 5.74) is 1.81. The fourth-order valence-electron chi connectivity index (χ4n) is 3.76. The van der Waals surface area contributed by atoms with Crippen LogP contribution >= 0.6 is 23.4 Å². The zero-order valence-electron chi connectivity index (χ0n) is 13.8. The van der Waals surface area contributed by atoms with Gasteiger partial charge in [0.1, 0.15) is 6.10 Å². The maximum atomic E-state index is 13.5. The van der Waals surface area contributed by atoms with Gasteiger partial charge in [-0.05, 0) is 17.7 Å². The molecule has 0 unspecified atom stereocenters. The second kappa shape index (κ2) is 5.98. The molecular formula is C22H15ClO2S. The van der Waals surface area contributed by atoms with E-state index in [9.17, 15) is 4.79 Å². The fourth-order valence-corrected chi connectivity index (χ4v) is 5.45. The van der Waals surface area contributed by atoms with E-state index in [4.69, 9.17) is 16.3 Å². The molecule has 0 amide bonds. The summed E-state index contributed by atoms with van der Waals surface area (Å²) in [6, 6.07) is 25.5. The van der Waals surface area contributed by atoms with Gasteiger partial charge in [-0.2, -0.15) is 0 Å². The first-order chi connectivity index (χ1) is 12.7. The standard InChI is InChI=1S/C22H15ClO2S/c23-17-12-6-4-10-15(17)20-22(25-20)19(24)16-11-5-7-13-18(16)26-21(22)14-8-2-1-3-9-14/h1-13,20-21H/t20-,21-,22-/m0/s1. The maximum absolute atomic E-state index is 13.5. The van der Waals surface area contributed by atoms with Crippen LogP contribution in [-0.4, -0.2) is 11.4 Å². The molecule has 0 saturated carbocycles. The minimum Gasteiger partial charge on any atom is -0.351 e. The first kappa shape index (κ1) is 16.1. The van der Waals surface area contributed by atoms with Gasteiger partial charge in [0.05, 0.1) is 5.25 Å². The molecule has 5 rings (SSSR count). The number of benzene rings is 3. The summed E-state index contributed by atoms with van der Waals surface area (Å²) in [4.78, 5) is 14.5. The predicted octanol–water partition coefficient (Wildman–Crippen LogP) is 5.88. The monoisotopic (exact) mass is 378 g/mol. The fraction of sp³-hybridized carbons (Fsp3) is 0.136. The van der Waals surface area contributed by atoms with Gasteiger partial charge >= 0.3 is 0 Å². The number of thioether (sulfide) groups is 1. The highest BCUT2D eigenvalue weighted by atomic mass is 35.5. The van der Waals surface area contributed by atoms with Crippen LogP contribution in [0.4, 0.5) is 0 Å². The number of halogens is 1. The van der Waals surface area contributed by atoms with E-state index in [0.29, 0.717) is 5.02 Å². The lowest BCUT2D eigenvalue weighted by Crippen LogP contribution is -2.35. The molecule has 2 aliphatic rings. The number of ether oxygens (including phenoxy) is 1. The maximum Gasteiger partial charge on any atom is 0.200 e. The number of ketones is 1. The summed E-state index contributed by atoms with van der Waals surface area (Å²) in [5.74, 6) is 0.0469. The Kier molecular flexibility index (Phi) is 3.71. The quantitative estimate of drug-likeness (QED) is 0.521. The molecule has 3 atom stereocenters. The van der Waals surface area contributed by atoms with E-state index in [0.717, 1.165) is 21.6 Å². The van der Waals surface area contributed by atoms with Crippen molar-refractivity contribution < 1.29 is 9.53 Å². The summed E-state index contributed by atoms with van der Waals surface area (Å²) in [6.07, 6.45) is -0.324. The van der Waals surface area contributed by atoms with Gasteiger partial charge in [0.15, 0.2) is 11.4 Å². The van der Waals surface area contributed by atoms with Crippen molar-refractivity contribution in [1.82, 2.24) is 0 Å². The van der Waals surface area contributed by atoms with Crippen molar-refractivity contribution in [2.45, 2.75) is 21.9 Å². The van der Waals surface area contributed by atoms with Crippen molar-refractivity contribution in [1.29, 1.82) is 0 Å². The van der Waals surface area contributed by atoms with Crippen LogP contribution in [0.5, 0.6) is 0 Å². The van der Waals surface area contributed by atoms with Crippen LogP contribution in [0.2, 0.25) is 5.02 Å². The van der Waals surface area contributed by atoms with Crippen molar-refractivity contribution in [3.63, 3.8) is 0 Å². The normalized spacial score (nSPS) is 26.6. The Bertz CT molecular complexity index is 1000. The van der Waals surface area contributed by atoms with E-state index >= 15 is 0 Å². The number of carbonyl (C=O) groups excluding carboxylic acids is 1. The zero-order valence-corrected chi connectivity index (χ0v) is 15.3. The van der Waals surface area contributed by atoms with Crippen LogP contribution in [0.15, 0.2) is 83.8 Å². The average molecular weight is 379 g/mol. The van der Waals surface area contributed by atoms with Gasteiger partial charge in [0, 0.05) is 21.0 Å². The molecule has 1 saturated heterocycles. The molecule has 2 nitrogen and oxygen atoms in total. The zero-order chi connectivity index (χ0) is 17.7. The van der Waals surface area contributed by atoms with E-state index in [1.807, 2.05) is 66.7 Å². The molecule has 3 aromatic carbocycles. The summed E-state index contributed by atoms with van der Waals surface area (Å²) < 4.78 is 6.19. The van der Waals surface area contributed by atoms with Gasteiger partial charge in [-0.3, -0.25) is 4.79 Å². The summed E-state index contributed by atoms with van der Waals surface area (Å²) in [5, 5.41) is 0.533. The summed E-state index contributed by atoms with van der Waals surface area (Å²) in [7, 11) is 0. The van der Waals surface area contributed by atoms with E-state index in [1.165, 1.54) is 0 Å². The Labute approximate surface area is 161 Å². The van der Waals surface area contributed by atoms with Crippen molar-refractivity contribution in [2.24, 2.45) is 0 Å². The molecule has 2 heterocycles. The summed E-state index contributed by atoms with van der Waals surface area (Å²) >= 11 is 8.10. The van der Waals surface area contributed by atoms with Crippen LogP contribution in [0, 0.1) is 0 Å². The second-order valence-corrected chi connectivity index (χ2v) is 8.10. The molecule has 4 heteroatoms. The summed E-state index contributed by atoms with van der Waals surface area (Å²) in [6.45, 7) is 0. The topological polar surface area (TPSA) is 29.6 Å². The minimum atomic E-state index is -0.897. The molecule has 1 spiro atoms. The van der Waals surface area contributed by atoms with Crippen molar-refractivity contribution in [2.75, 3.05) is 0 Å². The van der Waals surface area contributed by atoms with Gasteiger partial charge in [0.25, 0.3) is 0 Å². The number of rotatable bonds is 2. The predicted molar refractivity (Wildman–Crippen MR) is 104 cm³/mol. The van der Waals surface area contributed by atoms with Gasteiger partial charge in [-0.1, -0.05) is 78.3 Å². The molecule has 0 radical (unpaired) electrons. The third-order valence-corrected chi connectivity index (χ3v) is 6.87. The minimum absolute atomic E-state index is 0.0469. The van der Waals surface area contributed by atoms with Gasteiger partial charge in [0.2, 0.25) is 0 Å². The first-order valence-electron chi connectivity index (χ1n) is 8.49. The lowest BCUT2D eigenvalue weighted by atomic mass is 9.85. The molecule has 0 bridgehead atoms. The van der Waals surface area contributed by atoms with E-state index in [-0.39, 0.29) is 17.1 Å². The van der Waals surface area contributed by atoms with Gasteiger partial charge < -0.3 is 4.74 Å². The molecule has 3 aromatic rings. The molecule has 128 valence electrons. The van der Waals surface area contributed by atoms with Crippen molar-refractivity contribution >= 4 is 29.1 Å².